The molecule has 0 atom stereocenters. The predicted octanol–water partition coefficient (Wildman–Crippen LogP) is 3.17. The molecule has 0 aromatic carbocycles. The van der Waals surface area contributed by atoms with E-state index in [1.165, 1.54) is 58.0 Å². The standard InChI is InChI=1S/C16H26N2O/c1(2-10-17-14-6-7-14)3-11-18(15-8-9-15)13-16-5-4-12-19-16/h4-5,12,14-15,17H,1-3,6-11,13H2. The first-order valence-corrected chi connectivity index (χ1v) is 7.91. The van der Waals surface area contributed by atoms with Crippen LogP contribution in [0.15, 0.2) is 22.8 Å². The maximum Gasteiger partial charge on any atom is 0.117 e. The molecule has 1 aromatic heterocycles. The first-order valence-electron chi connectivity index (χ1n) is 7.91. The smallest absolute Gasteiger partial charge is 0.117 e. The van der Waals surface area contributed by atoms with E-state index in [1.807, 2.05) is 6.07 Å². The van der Waals surface area contributed by atoms with Gasteiger partial charge in [0.2, 0.25) is 0 Å². The SMILES string of the molecule is c1coc(CN(CCCCCNC2CC2)C2CC2)c1. The van der Waals surface area contributed by atoms with Crippen molar-refractivity contribution in [1.29, 1.82) is 0 Å². The van der Waals surface area contributed by atoms with Crippen LogP contribution >= 0.6 is 0 Å². The molecule has 3 nitrogen and oxygen atoms in total. The molecule has 0 aliphatic heterocycles. The van der Waals surface area contributed by atoms with Gasteiger partial charge in [-0.15, -0.1) is 0 Å². The van der Waals surface area contributed by atoms with Gasteiger partial charge in [-0.1, -0.05) is 6.42 Å². The van der Waals surface area contributed by atoms with Gasteiger partial charge in [0, 0.05) is 12.1 Å². The fourth-order valence-corrected chi connectivity index (χ4v) is 2.64. The molecule has 0 spiro atoms. The van der Waals surface area contributed by atoms with Crippen molar-refractivity contribution in [2.75, 3.05) is 13.1 Å². The van der Waals surface area contributed by atoms with E-state index in [-0.39, 0.29) is 0 Å². The van der Waals surface area contributed by atoms with Crippen molar-refractivity contribution < 1.29 is 4.42 Å². The maximum absolute atomic E-state index is 5.47. The summed E-state index contributed by atoms with van der Waals surface area (Å²) in [6.07, 6.45) is 11.3. The van der Waals surface area contributed by atoms with Crippen LogP contribution < -0.4 is 5.32 Å². The second-order valence-corrected chi connectivity index (χ2v) is 6.07. The third kappa shape index (κ3) is 4.66. The monoisotopic (exact) mass is 262 g/mol. The predicted molar refractivity (Wildman–Crippen MR) is 77.0 cm³/mol. The van der Waals surface area contributed by atoms with Crippen molar-refractivity contribution in [2.24, 2.45) is 0 Å². The third-order valence-electron chi connectivity index (χ3n) is 4.13. The Morgan fingerprint density at radius 3 is 2.74 bits per heavy atom. The van der Waals surface area contributed by atoms with Gasteiger partial charge in [-0.05, 0) is 63.7 Å². The van der Waals surface area contributed by atoms with Crippen LogP contribution in [-0.2, 0) is 6.54 Å². The Hall–Kier alpha value is -0.800. The van der Waals surface area contributed by atoms with Crippen molar-refractivity contribution >= 4 is 0 Å². The van der Waals surface area contributed by atoms with Gasteiger partial charge in [-0.2, -0.15) is 0 Å². The van der Waals surface area contributed by atoms with Crippen molar-refractivity contribution in [3.05, 3.63) is 24.2 Å². The lowest BCUT2D eigenvalue weighted by molar-refractivity contribution is 0.228. The first kappa shape index (κ1) is 13.2. The number of hydrogen-bond acceptors (Lipinski definition) is 3. The van der Waals surface area contributed by atoms with Gasteiger partial charge in [0.1, 0.15) is 5.76 Å². The van der Waals surface area contributed by atoms with Crippen LogP contribution in [-0.4, -0.2) is 30.1 Å². The Bertz CT molecular complexity index is 355. The summed E-state index contributed by atoms with van der Waals surface area (Å²) in [7, 11) is 0. The summed E-state index contributed by atoms with van der Waals surface area (Å²) in [5, 5.41) is 3.59. The zero-order valence-electron chi connectivity index (χ0n) is 11.8. The molecule has 0 saturated heterocycles. The molecule has 0 bridgehead atoms. The highest BCUT2D eigenvalue weighted by molar-refractivity contribution is 4.99. The average molecular weight is 262 g/mol. The molecular weight excluding hydrogens is 236 g/mol. The van der Waals surface area contributed by atoms with E-state index in [9.17, 15) is 0 Å². The number of nitrogens with one attached hydrogen (secondary N) is 1. The first-order chi connectivity index (χ1) is 9.42. The minimum atomic E-state index is 0.828. The molecule has 1 heterocycles. The van der Waals surface area contributed by atoms with Crippen molar-refractivity contribution in [1.82, 2.24) is 10.2 Å². The highest BCUT2D eigenvalue weighted by Crippen LogP contribution is 2.28. The fourth-order valence-electron chi connectivity index (χ4n) is 2.64. The largest absolute Gasteiger partial charge is 0.468 e. The Morgan fingerprint density at radius 2 is 2.05 bits per heavy atom. The summed E-state index contributed by atoms with van der Waals surface area (Å²) in [6, 6.07) is 5.77. The molecule has 1 aromatic rings. The highest BCUT2D eigenvalue weighted by atomic mass is 16.3. The average Bonchev–Trinajstić information content (AvgIpc) is 3.33. The molecule has 2 aliphatic rings. The molecule has 2 saturated carbocycles. The molecule has 2 fully saturated rings. The second-order valence-electron chi connectivity index (χ2n) is 6.07. The lowest BCUT2D eigenvalue weighted by Crippen LogP contribution is -2.26. The molecule has 0 amide bonds. The molecule has 19 heavy (non-hydrogen) atoms. The molecule has 1 N–H and O–H groups in total. The topological polar surface area (TPSA) is 28.4 Å². The lowest BCUT2D eigenvalue weighted by atomic mass is 10.2. The summed E-state index contributed by atoms with van der Waals surface area (Å²) in [4.78, 5) is 2.60. The number of rotatable bonds is 10. The van der Waals surface area contributed by atoms with Crippen molar-refractivity contribution in [3.8, 4) is 0 Å². The summed E-state index contributed by atoms with van der Waals surface area (Å²) in [5.74, 6) is 1.11. The van der Waals surface area contributed by atoms with Crippen molar-refractivity contribution in [3.63, 3.8) is 0 Å². The van der Waals surface area contributed by atoms with Crippen LogP contribution in [0.3, 0.4) is 0 Å². The van der Waals surface area contributed by atoms with Gasteiger partial charge in [-0.25, -0.2) is 0 Å². The van der Waals surface area contributed by atoms with Gasteiger partial charge in [0.25, 0.3) is 0 Å². The summed E-state index contributed by atoms with van der Waals surface area (Å²) in [6.45, 7) is 3.44. The minimum Gasteiger partial charge on any atom is -0.468 e. The summed E-state index contributed by atoms with van der Waals surface area (Å²) in [5.41, 5.74) is 0. The molecule has 3 heteroatoms. The quantitative estimate of drug-likeness (QED) is 0.657. The third-order valence-corrected chi connectivity index (χ3v) is 4.13. The summed E-state index contributed by atoms with van der Waals surface area (Å²) < 4.78 is 5.47. The van der Waals surface area contributed by atoms with Gasteiger partial charge in [0.15, 0.2) is 0 Å². The van der Waals surface area contributed by atoms with Crippen LogP contribution in [0.4, 0.5) is 0 Å². The summed E-state index contributed by atoms with van der Waals surface area (Å²) >= 11 is 0. The molecule has 2 aliphatic carbocycles. The van der Waals surface area contributed by atoms with E-state index in [2.05, 4.69) is 16.3 Å². The van der Waals surface area contributed by atoms with Gasteiger partial charge < -0.3 is 9.73 Å². The van der Waals surface area contributed by atoms with Crippen LogP contribution in [0.2, 0.25) is 0 Å². The van der Waals surface area contributed by atoms with E-state index in [0.29, 0.717) is 0 Å². The van der Waals surface area contributed by atoms with E-state index >= 15 is 0 Å². The minimum absolute atomic E-state index is 0.828. The van der Waals surface area contributed by atoms with Gasteiger partial charge in [0.05, 0.1) is 12.8 Å². The number of hydrogen-bond donors (Lipinski definition) is 1. The highest BCUT2D eigenvalue weighted by Gasteiger charge is 2.28. The van der Waals surface area contributed by atoms with Crippen molar-refractivity contribution in [2.45, 2.75) is 63.6 Å². The number of nitrogens with zero attached hydrogens (tertiary/aromatic N) is 1. The molecule has 0 unspecified atom stereocenters. The van der Waals surface area contributed by atoms with Gasteiger partial charge >= 0.3 is 0 Å². The van der Waals surface area contributed by atoms with Crippen LogP contribution in [0, 0.1) is 0 Å². The van der Waals surface area contributed by atoms with E-state index in [0.717, 1.165) is 24.4 Å². The van der Waals surface area contributed by atoms with E-state index < -0.39 is 0 Å². The lowest BCUT2D eigenvalue weighted by Gasteiger charge is -2.20. The zero-order chi connectivity index (χ0) is 12.9. The Morgan fingerprint density at radius 1 is 1.16 bits per heavy atom. The Labute approximate surface area is 116 Å². The molecular formula is C16H26N2O. The molecule has 106 valence electrons. The number of furan rings is 1. The zero-order valence-corrected chi connectivity index (χ0v) is 11.8. The van der Waals surface area contributed by atoms with E-state index in [4.69, 9.17) is 4.42 Å². The van der Waals surface area contributed by atoms with E-state index in [1.54, 1.807) is 6.26 Å². The fraction of sp³-hybridized carbons (Fsp3) is 0.750. The molecule has 3 rings (SSSR count). The normalized spacial score (nSPS) is 19.2. The van der Waals surface area contributed by atoms with Gasteiger partial charge in [-0.3, -0.25) is 4.90 Å². The Balaban J connectivity index is 1.29. The van der Waals surface area contributed by atoms with Crippen LogP contribution in [0.25, 0.3) is 0 Å². The second kappa shape index (κ2) is 6.58. The Kier molecular flexibility index (Phi) is 4.57. The van der Waals surface area contributed by atoms with Crippen LogP contribution in [0.5, 0.6) is 0 Å². The maximum atomic E-state index is 5.47. The van der Waals surface area contributed by atoms with Crippen LogP contribution in [0.1, 0.15) is 50.7 Å². The number of unbranched alkanes of at least 4 members (excludes halogenated alkanes) is 2. The molecule has 0 radical (unpaired) electrons.